The van der Waals surface area contributed by atoms with Gasteiger partial charge in [-0.05, 0) is 75.9 Å². The van der Waals surface area contributed by atoms with E-state index in [-0.39, 0.29) is 0 Å². The van der Waals surface area contributed by atoms with Crippen molar-refractivity contribution >= 4 is 95.5 Å². The number of fused-ring (bicyclic) bond motifs is 6. The predicted molar refractivity (Wildman–Crippen MR) is 181 cm³/mol. The zero-order chi connectivity index (χ0) is 27.3. The van der Waals surface area contributed by atoms with E-state index in [2.05, 4.69) is 120 Å². The number of benzene rings is 3. The Hall–Kier alpha value is -2.28. The molecule has 0 N–H and O–H groups in total. The summed E-state index contributed by atoms with van der Waals surface area (Å²) in [5, 5.41) is 6.72. The molecule has 0 unspecified atom stereocenters. The van der Waals surface area contributed by atoms with Gasteiger partial charge in [-0.1, -0.05) is 71.9 Å². The molecule has 3 heterocycles. The van der Waals surface area contributed by atoms with Crippen molar-refractivity contribution in [1.29, 1.82) is 0 Å². The second-order valence-electron chi connectivity index (χ2n) is 11.5. The summed E-state index contributed by atoms with van der Waals surface area (Å²) in [6.07, 6.45) is 4.57. The quantitative estimate of drug-likeness (QED) is 0.162. The minimum atomic E-state index is -1.88. The van der Waals surface area contributed by atoms with E-state index >= 15 is 0 Å². The maximum atomic E-state index is 6.93. The van der Waals surface area contributed by atoms with Gasteiger partial charge in [0.1, 0.15) is 0 Å². The molecule has 0 radical (unpaired) electrons. The van der Waals surface area contributed by atoms with Crippen LogP contribution in [0.1, 0.15) is 56.2 Å². The molecule has 5 heteroatoms. The first-order chi connectivity index (χ1) is 18.8. The molecule has 0 aliphatic carbocycles. The molecule has 3 aromatic heterocycles. The van der Waals surface area contributed by atoms with Gasteiger partial charge in [0, 0.05) is 44.9 Å². The molecular weight excluding hydrogens is 549 g/mol. The minimum Gasteiger partial charge on any atom is -0.411 e. The normalized spacial score (nSPS) is 13.2. The Morgan fingerprint density at radius 1 is 0.615 bits per heavy atom. The average Bonchev–Trinajstić information content (AvgIpc) is 3.62. The van der Waals surface area contributed by atoms with Gasteiger partial charge in [-0.25, -0.2) is 0 Å². The van der Waals surface area contributed by atoms with Crippen LogP contribution in [0.5, 0.6) is 0 Å². The minimum absolute atomic E-state index is 0.601. The van der Waals surface area contributed by atoms with E-state index < -0.39 is 8.32 Å². The molecule has 1 nitrogen and oxygen atoms in total. The van der Waals surface area contributed by atoms with Crippen LogP contribution in [0.2, 0.25) is 16.6 Å². The number of hydrogen-bond donors (Lipinski definition) is 0. The topological polar surface area (TPSA) is 9.23 Å². The van der Waals surface area contributed by atoms with Gasteiger partial charge in [0.2, 0.25) is 8.32 Å². The monoisotopic (exact) mass is 584 g/mol. The molecule has 6 aromatic rings. The van der Waals surface area contributed by atoms with Gasteiger partial charge in [0.05, 0.1) is 6.61 Å². The Morgan fingerprint density at radius 3 is 1.74 bits per heavy atom. The van der Waals surface area contributed by atoms with Crippen molar-refractivity contribution in [3.8, 4) is 0 Å². The van der Waals surface area contributed by atoms with Crippen LogP contribution < -0.4 is 0 Å². The van der Waals surface area contributed by atoms with Gasteiger partial charge in [-0.15, -0.1) is 34.0 Å². The summed E-state index contributed by atoms with van der Waals surface area (Å²) in [4.78, 5) is 3.94. The van der Waals surface area contributed by atoms with E-state index in [1.807, 2.05) is 34.0 Å². The average molecular weight is 585 g/mol. The Labute approximate surface area is 244 Å². The van der Waals surface area contributed by atoms with E-state index in [1.54, 1.807) is 0 Å². The number of rotatable bonds is 8. The molecular formula is C34H36OS3Si. The van der Waals surface area contributed by atoms with Crippen molar-refractivity contribution in [2.24, 2.45) is 0 Å². The van der Waals surface area contributed by atoms with Gasteiger partial charge in [0.15, 0.2) is 0 Å². The van der Waals surface area contributed by atoms with Crippen LogP contribution in [0.25, 0.3) is 53.2 Å². The summed E-state index contributed by atoms with van der Waals surface area (Å²) in [5.74, 6) is 0. The highest BCUT2D eigenvalue weighted by molar-refractivity contribution is 7.21. The van der Waals surface area contributed by atoms with E-state index in [1.165, 1.54) is 55.7 Å². The van der Waals surface area contributed by atoms with Crippen LogP contribution in [0.4, 0.5) is 0 Å². The molecule has 0 saturated carbocycles. The highest BCUT2D eigenvalue weighted by Gasteiger charge is 2.45. The molecule has 0 aliphatic heterocycles. The van der Waals surface area contributed by atoms with Crippen LogP contribution in [0, 0.1) is 0 Å². The summed E-state index contributed by atoms with van der Waals surface area (Å²) in [6, 6.07) is 24.8. The van der Waals surface area contributed by atoms with Crippen LogP contribution in [-0.2, 0) is 11.0 Å². The molecule has 3 aromatic carbocycles. The highest BCUT2D eigenvalue weighted by Crippen LogP contribution is 2.44. The lowest BCUT2D eigenvalue weighted by Crippen LogP contribution is -2.47. The van der Waals surface area contributed by atoms with Crippen LogP contribution in [0.3, 0.4) is 0 Å². The molecule has 0 aliphatic rings. The van der Waals surface area contributed by atoms with Gasteiger partial charge >= 0.3 is 0 Å². The lowest BCUT2D eigenvalue weighted by molar-refractivity contribution is 0.269. The van der Waals surface area contributed by atoms with Gasteiger partial charge in [-0.3, -0.25) is 0 Å². The Bertz CT molecular complexity index is 1790. The standard InChI is InChI=1S/C34H36OS3Si/c1-21(2)39(22(3)4,23(5)6)35-20-27-19-31-30-18-26(37-33(30)15-16-34(31)38-27)13-12-25-17-29-28-10-8-7-9-24(28)11-14-32(29)36-25/h7-19,21-23H,20H2,1-6H3/b13-12+. The maximum absolute atomic E-state index is 6.93. The molecule has 0 spiro atoms. The molecule has 0 amide bonds. The molecule has 0 bridgehead atoms. The first kappa shape index (κ1) is 26.9. The second kappa shape index (κ2) is 10.6. The third kappa shape index (κ3) is 4.83. The summed E-state index contributed by atoms with van der Waals surface area (Å²) >= 11 is 5.64. The SMILES string of the molecule is CC(C)[Si](OCc1cc2c(ccc3sc(/C=C/c4cc5c(ccc6ccccc65)s4)cc32)s1)(C(C)C)C(C)C. The summed E-state index contributed by atoms with van der Waals surface area (Å²) < 4.78 is 11.0. The van der Waals surface area contributed by atoms with Crippen LogP contribution in [-0.4, -0.2) is 8.32 Å². The van der Waals surface area contributed by atoms with Crippen molar-refractivity contribution < 1.29 is 4.43 Å². The number of hydrogen-bond acceptors (Lipinski definition) is 4. The van der Waals surface area contributed by atoms with Crippen molar-refractivity contribution in [3.63, 3.8) is 0 Å². The zero-order valence-electron chi connectivity index (χ0n) is 23.6. The Kier molecular flexibility index (Phi) is 7.32. The summed E-state index contributed by atoms with van der Waals surface area (Å²) in [5.41, 5.74) is 1.80. The smallest absolute Gasteiger partial charge is 0.200 e. The summed E-state index contributed by atoms with van der Waals surface area (Å²) in [7, 11) is -1.88. The first-order valence-electron chi connectivity index (χ1n) is 13.9. The molecule has 0 saturated heterocycles. The molecule has 39 heavy (non-hydrogen) atoms. The number of thiophene rings is 3. The maximum Gasteiger partial charge on any atom is 0.200 e. The van der Waals surface area contributed by atoms with Crippen molar-refractivity contribution in [2.75, 3.05) is 0 Å². The Balaban J connectivity index is 1.28. The Morgan fingerprint density at radius 2 is 1.13 bits per heavy atom. The van der Waals surface area contributed by atoms with E-state index in [0.717, 1.165) is 6.61 Å². The molecule has 0 atom stereocenters. The van der Waals surface area contributed by atoms with Crippen LogP contribution in [0.15, 0.2) is 66.7 Å². The summed E-state index contributed by atoms with van der Waals surface area (Å²) in [6.45, 7) is 14.9. The largest absolute Gasteiger partial charge is 0.411 e. The van der Waals surface area contributed by atoms with Crippen molar-refractivity contribution in [3.05, 3.63) is 81.4 Å². The van der Waals surface area contributed by atoms with Crippen LogP contribution >= 0.6 is 34.0 Å². The third-order valence-corrected chi connectivity index (χ3v) is 17.6. The van der Waals surface area contributed by atoms with Gasteiger partial charge in [-0.2, -0.15) is 0 Å². The predicted octanol–water partition coefficient (Wildman–Crippen LogP) is 12.3. The fourth-order valence-electron chi connectivity index (χ4n) is 6.61. The second-order valence-corrected chi connectivity index (χ2v) is 20.4. The van der Waals surface area contributed by atoms with E-state index in [4.69, 9.17) is 4.43 Å². The zero-order valence-corrected chi connectivity index (χ0v) is 27.0. The fourth-order valence-corrected chi connectivity index (χ4v) is 15.1. The highest BCUT2D eigenvalue weighted by atomic mass is 32.1. The third-order valence-electron chi connectivity index (χ3n) is 8.30. The molecule has 6 rings (SSSR count). The van der Waals surface area contributed by atoms with Gasteiger partial charge < -0.3 is 4.43 Å². The lowest BCUT2D eigenvalue weighted by atomic mass is 10.1. The van der Waals surface area contributed by atoms with E-state index in [0.29, 0.717) is 16.6 Å². The van der Waals surface area contributed by atoms with Crippen molar-refractivity contribution in [2.45, 2.75) is 64.8 Å². The fraction of sp³-hybridized carbons (Fsp3) is 0.294. The van der Waals surface area contributed by atoms with Crippen molar-refractivity contribution in [1.82, 2.24) is 0 Å². The van der Waals surface area contributed by atoms with Gasteiger partial charge in [0.25, 0.3) is 0 Å². The van der Waals surface area contributed by atoms with E-state index in [9.17, 15) is 0 Å². The molecule has 0 fully saturated rings. The first-order valence-corrected chi connectivity index (χ1v) is 18.5. The molecule has 200 valence electrons. The lowest BCUT2D eigenvalue weighted by Gasteiger charge is -2.42.